The molecule has 4 rings (SSSR count). The van der Waals surface area contributed by atoms with Crippen LogP contribution in [0, 0.1) is 0 Å². The van der Waals surface area contributed by atoms with Crippen LogP contribution in [0.25, 0.3) is 11.0 Å². The first-order chi connectivity index (χ1) is 10.1. The van der Waals surface area contributed by atoms with Gasteiger partial charge in [-0.05, 0) is 38.0 Å². The van der Waals surface area contributed by atoms with Gasteiger partial charge in [0.25, 0.3) is 0 Å². The molecule has 108 valence electrons. The van der Waals surface area contributed by atoms with E-state index in [9.17, 15) is 0 Å². The van der Waals surface area contributed by atoms with Gasteiger partial charge in [0.15, 0.2) is 5.82 Å². The smallest absolute Gasteiger partial charge is 0.155 e. The average Bonchev–Trinajstić information content (AvgIpc) is 3.11. The van der Waals surface area contributed by atoms with E-state index in [1.165, 1.54) is 12.8 Å². The Morgan fingerprint density at radius 1 is 1.33 bits per heavy atom. The van der Waals surface area contributed by atoms with E-state index in [-0.39, 0.29) is 6.04 Å². The van der Waals surface area contributed by atoms with E-state index in [0.717, 1.165) is 28.4 Å². The number of hydrogen-bond acceptors (Lipinski definition) is 4. The number of imidazole rings is 1. The third-order valence-corrected chi connectivity index (χ3v) is 4.19. The molecule has 1 atom stereocenters. The van der Waals surface area contributed by atoms with Crippen LogP contribution in [-0.4, -0.2) is 24.3 Å². The van der Waals surface area contributed by atoms with Gasteiger partial charge in [-0.2, -0.15) is 0 Å². The molecule has 0 spiro atoms. The first-order valence-corrected chi connectivity index (χ1v) is 7.26. The summed E-state index contributed by atoms with van der Waals surface area (Å²) in [5.74, 6) is 2.65. The van der Waals surface area contributed by atoms with Crippen molar-refractivity contribution in [3.05, 3.63) is 36.2 Å². The van der Waals surface area contributed by atoms with Gasteiger partial charge in [0, 0.05) is 18.7 Å². The van der Waals surface area contributed by atoms with Crippen LogP contribution in [0.4, 0.5) is 5.69 Å². The Hall–Kier alpha value is -2.37. The summed E-state index contributed by atoms with van der Waals surface area (Å²) in [6.45, 7) is 2.15. The summed E-state index contributed by atoms with van der Waals surface area (Å²) in [6.07, 6.45) is 4.16. The van der Waals surface area contributed by atoms with Crippen LogP contribution >= 0.6 is 0 Å². The molecular weight excluding hydrogens is 264 g/mol. The van der Waals surface area contributed by atoms with Gasteiger partial charge in [-0.3, -0.25) is 0 Å². The average molecular weight is 282 g/mol. The number of nitrogen functional groups attached to an aromatic ring is 1. The van der Waals surface area contributed by atoms with Crippen molar-refractivity contribution in [2.75, 3.05) is 5.73 Å². The van der Waals surface area contributed by atoms with E-state index >= 15 is 0 Å². The van der Waals surface area contributed by atoms with Gasteiger partial charge in [-0.15, -0.1) is 10.2 Å². The number of nitrogens with zero attached hydrogens (tertiary/aromatic N) is 5. The highest BCUT2D eigenvalue weighted by Gasteiger charge is 2.32. The molecule has 6 nitrogen and oxygen atoms in total. The van der Waals surface area contributed by atoms with Gasteiger partial charge >= 0.3 is 0 Å². The molecule has 21 heavy (non-hydrogen) atoms. The quantitative estimate of drug-likeness (QED) is 0.747. The molecule has 2 aromatic heterocycles. The fourth-order valence-electron chi connectivity index (χ4n) is 2.96. The zero-order valence-electron chi connectivity index (χ0n) is 12.2. The number of hydrogen-bond donors (Lipinski definition) is 1. The molecule has 2 heterocycles. The Morgan fingerprint density at radius 2 is 2.14 bits per heavy atom. The molecule has 0 radical (unpaired) electrons. The molecule has 1 aliphatic carbocycles. The SMILES string of the molecule is CC(c1nncn1C)n1c(C2CC2)nc2cc(N)ccc21. The number of nitrogens with two attached hydrogens (primary N) is 1. The van der Waals surface area contributed by atoms with Gasteiger partial charge < -0.3 is 14.9 Å². The Balaban J connectivity index is 1.93. The van der Waals surface area contributed by atoms with E-state index in [1.807, 2.05) is 23.7 Å². The topological polar surface area (TPSA) is 74.5 Å². The van der Waals surface area contributed by atoms with Crippen LogP contribution in [0.1, 0.15) is 43.4 Å². The molecular formula is C15H18N6. The van der Waals surface area contributed by atoms with Crippen molar-refractivity contribution in [1.82, 2.24) is 24.3 Å². The maximum Gasteiger partial charge on any atom is 0.155 e. The third-order valence-electron chi connectivity index (χ3n) is 4.19. The Kier molecular flexibility index (Phi) is 2.54. The summed E-state index contributed by atoms with van der Waals surface area (Å²) in [5.41, 5.74) is 8.72. The van der Waals surface area contributed by atoms with E-state index < -0.39 is 0 Å². The van der Waals surface area contributed by atoms with Gasteiger partial charge in [0.1, 0.15) is 12.2 Å². The minimum absolute atomic E-state index is 0.0988. The van der Waals surface area contributed by atoms with Crippen molar-refractivity contribution in [3.63, 3.8) is 0 Å². The summed E-state index contributed by atoms with van der Waals surface area (Å²) in [4.78, 5) is 4.82. The lowest BCUT2D eigenvalue weighted by atomic mass is 10.2. The third kappa shape index (κ3) is 1.90. The van der Waals surface area contributed by atoms with E-state index in [1.54, 1.807) is 6.33 Å². The van der Waals surface area contributed by atoms with Crippen LogP contribution in [-0.2, 0) is 7.05 Å². The van der Waals surface area contributed by atoms with Gasteiger partial charge in [-0.1, -0.05) is 0 Å². The Morgan fingerprint density at radius 3 is 2.81 bits per heavy atom. The summed E-state index contributed by atoms with van der Waals surface area (Å²) < 4.78 is 4.25. The summed E-state index contributed by atoms with van der Waals surface area (Å²) >= 11 is 0. The minimum Gasteiger partial charge on any atom is -0.399 e. The van der Waals surface area contributed by atoms with Gasteiger partial charge in [-0.25, -0.2) is 4.98 Å². The van der Waals surface area contributed by atoms with Gasteiger partial charge in [0.05, 0.1) is 17.1 Å². The molecule has 0 aliphatic heterocycles. The van der Waals surface area contributed by atoms with Crippen LogP contribution in [0.3, 0.4) is 0 Å². The second kappa shape index (κ2) is 4.31. The van der Waals surface area contributed by atoms with Crippen molar-refractivity contribution in [2.45, 2.75) is 31.7 Å². The molecule has 2 N–H and O–H groups in total. The standard InChI is InChI=1S/C15H18N6/c1-9(14-19-17-8-20(14)2)21-13-6-5-11(16)7-12(13)18-15(21)10-3-4-10/h5-10H,3-4,16H2,1-2H3. The van der Waals surface area contributed by atoms with Crippen LogP contribution in [0.15, 0.2) is 24.5 Å². The monoisotopic (exact) mass is 282 g/mol. The molecule has 1 fully saturated rings. The Bertz CT molecular complexity index is 811. The summed E-state index contributed by atoms with van der Waals surface area (Å²) in [6, 6.07) is 6.03. The zero-order valence-corrected chi connectivity index (χ0v) is 12.2. The normalized spacial score (nSPS) is 16.5. The van der Waals surface area contributed by atoms with Crippen molar-refractivity contribution in [1.29, 1.82) is 0 Å². The van der Waals surface area contributed by atoms with Crippen LogP contribution in [0.2, 0.25) is 0 Å². The van der Waals surface area contributed by atoms with E-state index in [0.29, 0.717) is 5.92 Å². The number of rotatable bonds is 3. The molecule has 1 unspecified atom stereocenters. The number of aryl methyl sites for hydroxylation is 1. The molecule has 1 saturated carbocycles. The van der Waals surface area contributed by atoms with E-state index in [4.69, 9.17) is 10.7 Å². The molecule has 6 heteroatoms. The first-order valence-electron chi connectivity index (χ1n) is 7.26. The van der Waals surface area contributed by atoms with Crippen molar-refractivity contribution < 1.29 is 0 Å². The second-order valence-electron chi connectivity index (χ2n) is 5.84. The van der Waals surface area contributed by atoms with Crippen molar-refractivity contribution in [2.24, 2.45) is 7.05 Å². The maximum atomic E-state index is 5.89. The molecule has 0 amide bonds. The molecule has 1 aromatic carbocycles. The lowest BCUT2D eigenvalue weighted by molar-refractivity contribution is 0.563. The van der Waals surface area contributed by atoms with Crippen LogP contribution < -0.4 is 5.73 Å². The van der Waals surface area contributed by atoms with Gasteiger partial charge in [0.2, 0.25) is 0 Å². The number of benzene rings is 1. The predicted molar refractivity (Wildman–Crippen MR) is 80.9 cm³/mol. The molecule has 3 aromatic rings. The number of anilines is 1. The zero-order chi connectivity index (χ0) is 14.6. The number of fused-ring (bicyclic) bond motifs is 1. The highest BCUT2D eigenvalue weighted by atomic mass is 15.3. The fraction of sp³-hybridized carbons (Fsp3) is 0.400. The highest BCUT2D eigenvalue weighted by molar-refractivity contribution is 5.80. The highest BCUT2D eigenvalue weighted by Crippen LogP contribution is 2.42. The second-order valence-corrected chi connectivity index (χ2v) is 5.84. The first kappa shape index (κ1) is 12.4. The number of aromatic nitrogens is 5. The summed E-state index contributed by atoms with van der Waals surface area (Å²) in [5, 5.41) is 8.25. The maximum absolute atomic E-state index is 5.89. The molecule has 0 saturated heterocycles. The lowest BCUT2D eigenvalue weighted by Crippen LogP contribution is -2.14. The molecule has 0 bridgehead atoms. The van der Waals surface area contributed by atoms with Crippen LogP contribution in [0.5, 0.6) is 0 Å². The van der Waals surface area contributed by atoms with Crippen molar-refractivity contribution in [3.8, 4) is 0 Å². The predicted octanol–water partition coefficient (Wildman–Crippen LogP) is 2.23. The minimum atomic E-state index is 0.0988. The lowest BCUT2D eigenvalue weighted by Gasteiger charge is -2.16. The Labute approximate surface area is 122 Å². The fourth-order valence-corrected chi connectivity index (χ4v) is 2.96. The van der Waals surface area contributed by atoms with E-state index in [2.05, 4.69) is 27.8 Å². The van der Waals surface area contributed by atoms with Crippen molar-refractivity contribution >= 4 is 16.7 Å². The largest absolute Gasteiger partial charge is 0.399 e. The summed E-state index contributed by atoms with van der Waals surface area (Å²) in [7, 11) is 1.97. The molecule has 1 aliphatic rings.